The first kappa shape index (κ1) is 19.5. The Morgan fingerprint density at radius 2 is 2.10 bits per heavy atom. The number of hydrogen-bond donors (Lipinski definition) is 2. The van der Waals surface area contributed by atoms with Gasteiger partial charge in [-0.15, -0.1) is 11.3 Å². The fourth-order valence-corrected chi connectivity index (χ4v) is 6.03. The molecule has 4 heterocycles. The van der Waals surface area contributed by atoms with Crippen LogP contribution in [0.15, 0.2) is 34.9 Å². The number of sulfonamides is 1. The van der Waals surface area contributed by atoms with Gasteiger partial charge in [0.15, 0.2) is 0 Å². The summed E-state index contributed by atoms with van der Waals surface area (Å²) < 4.78 is 26.3. The van der Waals surface area contributed by atoms with Gasteiger partial charge in [-0.3, -0.25) is 4.79 Å². The molecule has 0 atom stereocenters. The molecule has 2 fully saturated rings. The van der Waals surface area contributed by atoms with Crippen LogP contribution in [0.3, 0.4) is 0 Å². The number of hydrogen-bond acceptors (Lipinski definition) is 7. The minimum Gasteiger partial charge on any atom is -0.354 e. The highest BCUT2D eigenvalue weighted by Crippen LogP contribution is 2.48. The number of thiophene rings is 1. The van der Waals surface area contributed by atoms with E-state index in [1.165, 1.54) is 29.8 Å². The summed E-state index contributed by atoms with van der Waals surface area (Å²) in [5.74, 6) is 0.778. The zero-order valence-corrected chi connectivity index (χ0v) is 18.1. The van der Waals surface area contributed by atoms with Gasteiger partial charge in [0.05, 0.1) is 15.2 Å². The lowest BCUT2D eigenvalue weighted by Gasteiger charge is -2.25. The molecule has 30 heavy (non-hydrogen) atoms. The van der Waals surface area contributed by atoms with Gasteiger partial charge >= 0.3 is 0 Å². The van der Waals surface area contributed by atoms with Gasteiger partial charge in [0, 0.05) is 43.2 Å². The molecular formula is C19H22N6O3S2. The van der Waals surface area contributed by atoms with Gasteiger partial charge in [-0.2, -0.15) is 0 Å². The molecule has 2 aliphatic rings. The van der Waals surface area contributed by atoms with Gasteiger partial charge in [0.1, 0.15) is 17.8 Å². The van der Waals surface area contributed by atoms with Crippen molar-refractivity contribution in [3.63, 3.8) is 0 Å². The van der Waals surface area contributed by atoms with E-state index in [9.17, 15) is 13.2 Å². The number of rotatable bonds is 4. The van der Waals surface area contributed by atoms with Crippen LogP contribution in [-0.4, -0.2) is 67.4 Å². The molecule has 1 saturated heterocycles. The summed E-state index contributed by atoms with van der Waals surface area (Å²) in [6.07, 6.45) is 5.56. The summed E-state index contributed by atoms with van der Waals surface area (Å²) in [7, 11) is -2.19. The van der Waals surface area contributed by atoms with Crippen molar-refractivity contribution in [3.8, 4) is 0 Å². The number of carbonyl (C=O) groups is 1. The first-order valence-corrected chi connectivity index (χ1v) is 12.1. The highest BCUT2D eigenvalue weighted by atomic mass is 32.2. The SMILES string of the molecule is CNS(=O)(=O)c1csc(C(=O)N2CCN(c3ncnc4[nH]ccc34)CC3(CC3)C2)c1. The highest BCUT2D eigenvalue weighted by Gasteiger charge is 2.48. The molecular weight excluding hydrogens is 424 g/mol. The van der Waals surface area contributed by atoms with E-state index in [1.54, 1.807) is 6.33 Å². The Labute approximate surface area is 178 Å². The Kier molecular flexibility index (Phi) is 4.56. The second kappa shape index (κ2) is 7.03. The largest absolute Gasteiger partial charge is 0.354 e. The summed E-state index contributed by atoms with van der Waals surface area (Å²) in [6.45, 7) is 2.74. The molecule has 158 valence electrons. The van der Waals surface area contributed by atoms with Crippen LogP contribution in [-0.2, 0) is 10.0 Å². The zero-order chi connectivity index (χ0) is 20.9. The number of nitrogens with zero attached hydrogens (tertiary/aromatic N) is 4. The van der Waals surface area contributed by atoms with Crippen LogP contribution in [0.25, 0.3) is 11.0 Å². The number of nitrogens with one attached hydrogen (secondary N) is 2. The van der Waals surface area contributed by atoms with Crippen LogP contribution in [0.2, 0.25) is 0 Å². The molecule has 5 rings (SSSR count). The van der Waals surface area contributed by atoms with E-state index in [1.807, 2.05) is 17.2 Å². The van der Waals surface area contributed by atoms with Crippen LogP contribution < -0.4 is 9.62 Å². The average Bonchev–Trinajstić information content (AvgIpc) is 3.15. The zero-order valence-electron chi connectivity index (χ0n) is 16.5. The number of fused-ring (bicyclic) bond motifs is 1. The maximum absolute atomic E-state index is 13.2. The molecule has 0 bridgehead atoms. The summed E-state index contributed by atoms with van der Waals surface area (Å²) >= 11 is 1.17. The fraction of sp³-hybridized carbons (Fsp3) is 0.421. The summed E-state index contributed by atoms with van der Waals surface area (Å²) in [4.78, 5) is 29.8. The fourth-order valence-electron chi connectivity index (χ4n) is 4.06. The van der Waals surface area contributed by atoms with Gasteiger partial charge in [0.2, 0.25) is 10.0 Å². The first-order chi connectivity index (χ1) is 14.4. The molecule has 3 aromatic heterocycles. The Balaban J connectivity index is 1.40. The lowest BCUT2D eigenvalue weighted by molar-refractivity contribution is 0.0745. The standard InChI is InChI=1S/C19H22N6O3S2/c1-20-30(27,28)13-8-15(29-9-13)18(26)25-7-6-24(10-19(11-25)3-4-19)17-14-2-5-21-16(14)22-12-23-17/h2,5,8-9,12,20H,3-4,6-7,10-11H2,1H3,(H,21,22,23). The lowest BCUT2D eigenvalue weighted by atomic mass is 10.1. The predicted octanol–water partition coefficient (Wildman–Crippen LogP) is 1.67. The number of carbonyl (C=O) groups excluding carboxylic acids is 1. The topological polar surface area (TPSA) is 111 Å². The summed E-state index contributed by atoms with van der Waals surface area (Å²) in [5, 5.41) is 2.49. The van der Waals surface area contributed by atoms with E-state index < -0.39 is 10.0 Å². The first-order valence-electron chi connectivity index (χ1n) is 9.75. The maximum atomic E-state index is 13.2. The number of amides is 1. The number of anilines is 1. The van der Waals surface area contributed by atoms with Gasteiger partial charge in [-0.1, -0.05) is 0 Å². The molecule has 0 radical (unpaired) electrons. The van der Waals surface area contributed by atoms with Crippen molar-refractivity contribution < 1.29 is 13.2 Å². The Bertz CT molecular complexity index is 1210. The Hall–Kier alpha value is -2.50. The van der Waals surface area contributed by atoms with Crippen LogP contribution in [0.1, 0.15) is 22.5 Å². The molecule has 9 nitrogen and oxygen atoms in total. The van der Waals surface area contributed by atoms with Gasteiger partial charge in [-0.25, -0.2) is 23.1 Å². The minimum absolute atomic E-state index is 0.0663. The van der Waals surface area contributed by atoms with E-state index in [0.717, 1.165) is 36.2 Å². The van der Waals surface area contributed by atoms with Gasteiger partial charge in [-0.05, 0) is 32.0 Å². The van der Waals surface area contributed by atoms with Crippen LogP contribution in [0.4, 0.5) is 5.82 Å². The third-order valence-corrected chi connectivity index (χ3v) is 8.40. The summed E-state index contributed by atoms with van der Waals surface area (Å²) in [5.41, 5.74) is 0.871. The quantitative estimate of drug-likeness (QED) is 0.631. The highest BCUT2D eigenvalue weighted by molar-refractivity contribution is 7.89. The number of aromatic amines is 1. The second-order valence-electron chi connectivity index (χ2n) is 7.94. The van der Waals surface area contributed by atoms with Gasteiger partial charge < -0.3 is 14.8 Å². The van der Waals surface area contributed by atoms with Crippen molar-refractivity contribution >= 4 is 44.1 Å². The molecule has 1 aliphatic carbocycles. The van der Waals surface area contributed by atoms with E-state index in [0.29, 0.717) is 24.5 Å². The van der Waals surface area contributed by atoms with Crippen molar-refractivity contribution in [1.82, 2.24) is 24.6 Å². The van der Waals surface area contributed by atoms with Crippen molar-refractivity contribution in [2.45, 2.75) is 17.7 Å². The minimum atomic E-state index is -3.56. The van der Waals surface area contributed by atoms with E-state index in [2.05, 4.69) is 24.6 Å². The third kappa shape index (κ3) is 3.36. The molecule has 0 aromatic carbocycles. The van der Waals surface area contributed by atoms with Crippen LogP contribution in [0.5, 0.6) is 0 Å². The van der Waals surface area contributed by atoms with E-state index >= 15 is 0 Å². The predicted molar refractivity (Wildman–Crippen MR) is 114 cm³/mol. The van der Waals surface area contributed by atoms with E-state index in [4.69, 9.17) is 0 Å². The molecule has 1 amide bonds. The Morgan fingerprint density at radius 3 is 2.87 bits per heavy atom. The third-order valence-electron chi connectivity index (χ3n) is 5.93. The molecule has 11 heteroatoms. The smallest absolute Gasteiger partial charge is 0.264 e. The van der Waals surface area contributed by atoms with Crippen molar-refractivity contribution in [2.75, 3.05) is 38.1 Å². The van der Waals surface area contributed by atoms with Crippen LogP contribution >= 0.6 is 11.3 Å². The monoisotopic (exact) mass is 446 g/mol. The Morgan fingerprint density at radius 1 is 1.27 bits per heavy atom. The number of aromatic nitrogens is 3. The molecule has 1 saturated carbocycles. The van der Waals surface area contributed by atoms with E-state index in [-0.39, 0.29) is 16.2 Å². The van der Waals surface area contributed by atoms with Crippen molar-refractivity contribution in [1.29, 1.82) is 0 Å². The lowest BCUT2D eigenvalue weighted by Crippen LogP contribution is -2.36. The van der Waals surface area contributed by atoms with Crippen LogP contribution in [0, 0.1) is 5.41 Å². The number of H-pyrrole nitrogens is 1. The normalized spacial score (nSPS) is 18.7. The van der Waals surface area contributed by atoms with Gasteiger partial charge in [0.25, 0.3) is 5.91 Å². The summed E-state index contributed by atoms with van der Waals surface area (Å²) in [6, 6.07) is 3.45. The van der Waals surface area contributed by atoms with Crippen molar-refractivity contribution in [3.05, 3.63) is 34.9 Å². The van der Waals surface area contributed by atoms with Crippen molar-refractivity contribution in [2.24, 2.45) is 5.41 Å². The molecule has 3 aromatic rings. The molecule has 2 N–H and O–H groups in total. The average molecular weight is 447 g/mol. The second-order valence-corrected chi connectivity index (χ2v) is 10.7. The molecule has 0 unspecified atom stereocenters. The molecule has 1 spiro atoms. The molecule has 1 aliphatic heterocycles. The maximum Gasteiger partial charge on any atom is 0.264 e.